The first-order valence-electron chi connectivity index (χ1n) is 7.96. The van der Waals surface area contributed by atoms with Crippen molar-refractivity contribution in [1.29, 1.82) is 5.26 Å². The molecule has 0 amide bonds. The number of hydrogen-bond acceptors (Lipinski definition) is 7. The Hall–Kier alpha value is -1.98. The highest BCUT2D eigenvalue weighted by atomic mass is 16.5. The Morgan fingerprint density at radius 1 is 1.46 bits per heavy atom. The van der Waals surface area contributed by atoms with Crippen molar-refractivity contribution in [2.24, 2.45) is 10.9 Å². The number of nitrogens with zero attached hydrogens (tertiary/aromatic N) is 4. The third-order valence-electron chi connectivity index (χ3n) is 4.62. The van der Waals surface area contributed by atoms with Crippen LogP contribution in [-0.4, -0.2) is 56.3 Å². The van der Waals surface area contributed by atoms with Crippen molar-refractivity contribution < 1.29 is 19.5 Å². The zero-order valence-corrected chi connectivity index (χ0v) is 14.7. The summed E-state index contributed by atoms with van der Waals surface area (Å²) in [5.41, 5.74) is -1.02. The summed E-state index contributed by atoms with van der Waals surface area (Å²) in [4.78, 5) is 16.5. The number of piperidine rings is 1. The van der Waals surface area contributed by atoms with Crippen LogP contribution in [-0.2, 0) is 9.53 Å². The summed E-state index contributed by atoms with van der Waals surface area (Å²) < 4.78 is 5.95. The van der Waals surface area contributed by atoms with Gasteiger partial charge in [0.1, 0.15) is 6.10 Å². The van der Waals surface area contributed by atoms with Crippen LogP contribution in [0.25, 0.3) is 0 Å². The number of ether oxygens (including phenoxy) is 1. The van der Waals surface area contributed by atoms with Crippen LogP contribution in [0.2, 0.25) is 0 Å². The van der Waals surface area contributed by atoms with Crippen LogP contribution in [0.4, 0.5) is 0 Å². The molecule has 8 nitrogen and oxygen atoms in total. The van der Waals surface area contributed by atoms with Gasteiger partial charge in [0.05, 0.1) is 5.92 Å². The van der Waals surface area contributed by atoms with Crippen molar-refractivity contribution in [3.63, 3.8) is 0 Å². The lowest BCUT2D eigenvalue weighted by Crippen LogP contribution is -2.60. The molecule has 0 spiro atoms. The van der Waals surface area contributed by atoms with E-state index in [1.165, 1.54) is 5.06 Å². The van der Waals surface area contributed by atoms with Gasteiger partial charge in [-0.25, -0.2) is 4.99 Å². The summed E-state index contributed by atoms with van der Waals surface area (Å²) in [6.45, 7) is 8.93. The second-order valence-corrected chi connectivity index (χ2v) is 7.64. The molecular weight excluding hydrogens is 312 g/mol. The Bertz CT molecular complexity index is 627. The molecule has 1 N–H and O–H groups in total. The third-order valence-corrected chi connectivity index (χ3v) is 4.62. The van der Waals surface area contributed by atoms with E-state index < -0.39 is 23.2 Å². The van der Waals surface area contributed by atoms with Crippen molar-refractivity contribution in [3.8, 4) is 6.07 Å². The lowest BCUT2D eigenvalue weighted by molar-refractivity contribution is -0.448. The molecule has 0 saturated carbocycles. The second kappa shape index (κ2) is 6.15. The molecule has 1 saturated heterocycles. The Balaban J connectivity index is 2.09. The van der Waals surface area contributed by atoms with Crippen molar-refractivity contribution in [2.45, 2.75) is 64.6 Å². The highest BCUT2D eigenvalue weighted by molar-refractivity contribution is 6.48. The van der Waals surface area contributed by atoms with Crippen molar-refractivity contribution in [3.05, 3.63) is 5.21 Å². The largest absolute Gasteiger partial charge is 0.621 e. The van der Waals surface area contributed by atoms with Gasteiger partial charge < -0.3 is 15.2 Å². The molecule has 24 heavy (non-hydrogen) atoms. The van der Waals surface area contributed by atoms with E-state index in [9.17, 15) is 15.2 Å². The number of hydroxylamine groups is 3. The summed E-state index contributed by atoms with van der Waals surface area (Å²) in [5.74, 6) is -0.780. The Morgan fingerprint density at radius 2 is 2.00 bits per heavy atom. The van der Waals surface area contributed by atoms with Gasteiger partial charge in [0, 0.05) is 11.1 Å². The van der Waals surface area contributed by atoms with E-state index in [0.29, 0.717) is 17.6 Å². The number of hydrogen-bond donors (Lipinski definition) is 1. The van der Waals surface area contributed by atoms with Crippen LogP contribution in [0.15, 0.2) is 4.99 Å². The second-order valence-electron chi connectivity index (χ2n) is 7.64. The van der Waals surface area contributed by atoms with E-state index in [-0.39, 0.29) is 24.0 Å². The van der Waals surface area contributed by atoms with E-state index in [2.05, 4.69) is 4.99 Å². The van der Waals surface area contributed by atoms with Gasteiger partial charge in [0.25, 0.3) is 0 Å². The molecule has 1 atom stereocenters. The maximum atomic E-state index is 12.6. The average Bonchev–Trinajstić information content (AvgIpc) is 2.84. The summed E-state index contributed by atoms with van der Waals surface area (Å²) in [5, 5.41) is 32.1. The maximum absolute atomic E-state index is 12.6. The number of nitriles is 1. The zero-order chi connectivity index (χ0) is 18.3. The molecule has 2 aliphatic rings. The Morgan fingerprint density at radius 3 is 2.50 bits per heavy atom. The zero-order valence-electron chi connectivity index (χ0n) is 14.7. The molecule has 0 aliphatic carbocycles. The summed E-state index contributed by atoms with van der Waals surface area (Å²) >= 11 is 0. The van der Waals surface area contributed by atoms with E-state index in [0.717, 1.165) is 0 Å². The smallest absolute Gasteiger partial charge is 0.316 e. The fourth-order valence-electron chi connectivity index (χ4n) is 3.61. The summed E-state index contributed by atoms with van der Waals surface area (Å²) in [7, 11) is 0. The third kappa shape index (κ3) is 3.28. The van der Waals surface area contributed by atoms with E-state index in [1.807, 2.05) is 27.7 Å². The average molecular weight is 336 g/mol. The molecule has 2 heterocycles. The van der Waals surface area contributed by atoms with Crippen LogP contribution >= 0.6 is 0 Å². The van der Waals surface area contributed by atoms with E-state index >= 15 is 0 Å². The molecule has 1 unspecified atom stereocenters. The number of carbonyl (C=O) groups excluding carboxylic acids is 1. The molecule has 0 aromatic heterocycles. The normalized spacial score (nSPS) is 25.1. The van der Waals surface area contributed by atoms with E-state index in [4.69, 9.17) is 10.00 Å². The molecule has 0 bridgehead atoms. The lowest BCUT2D eigenvalue weighted by atomic mass is 9.75. The number of carbonyl (C=O) groups is 1. The predicted molar refractivity (Wildman–Crippen MR) is 86.6 cm³/mol. The van der Waals surface area contributed by atoms with E-state index in [1.54, 1.807) is 13.0 Å². The quantitative estimate of drug-likeness (QED) is 0.474. The van der Waals surface area contributed by atoms with Crippen LogP contribution in [0.1, 0.15) is 47.5 Å². The molecule has 2 rings (SSSR count). The van der Waals surface area contributed by atoms with Gasteiger partial charge in [0.2, 0.25) is 6.67 Å². The molecule has 1 fully saturated rings. The van der Waals surface area contributed by atoms with Crippen LogP contribution in [0.3, 0.4) is 0 Å². The highest BCUT2D eigenvalue weighted by Gasteiger charge is 2.48. The summed E-state index contributed by atoms with van der Waals surface area (Å²) in [6, 6.07) is 1.80. The minimum atomic E-state index is -0.760. The minimum absolute atomic E-state index is 0.110. The van der Waals surface area contributed by atoms with Crippen LogP contribution in [0.5, 0.6) is 0 Å². The minimum Gasteiger partial charge on any atom is -0.621 e. The molecule has 132 valence electrons. The van der Waals surface area contributed by atoms with Gasteiger partial charge in [-0.05, 0) is 47.5 Å². The first-order valence-corrected chi connectivity index (χ1v) is 7.96. The van der Waals surface area contributed by atoms with Gasteiger partial charge in [0.15, 0.2) is 11.8 Å². The molecule has 0 aromatic carbocycles. The molecule has 0 radical (unpaired) electrons. The van der Waals surface area contributed by atoms with Gasteiger partial charge >= 0.3 is 11.7 Å². The number of rotatable bonds is 3. The number of aliphatic imine (C=N–C) groups is 1. The fraction of sp³-hybridized carbons (Fsp3) is 0.750. The molecule has 2 aliphatic heterocycles. The van der Waals surface area contributed by atoms with Gasteiger partial charge in [-0.3, -0.25) is 4.79 Å². The topological polar surface area (TPSA) is 112 Å². The Kier molecular flexibility index (Phi) is 4.70. The highest BCUT2D eigenvalue weighted by Crippen LogP contribution is 2.40. The van der Waals surface area contributed by atoms with Gasteiger partial charge in [-0.15, -0.1) is 0 Å². The predicted octanol–water partition coefficient (Wildman–Crippen LogP) is 1.46. The van der Waals surface area contributed by atoms with Crippen LogP contribution < -0.4 is 0 Å². The maximum Gasteiger partial charge on any atom is 0.316 e. The van der Waals surface area contributed by atoms with Crippen molar-refractivity contribution in [2.75, 3.05) is 6.67 Å². The SMILES string of the molecule is CC(OC(=O)C1CC(C)(C)N(O)C(C)(C)C1)C1=NC[N+]([O-])=C1C#N. The van der Waals surface area contributed by atoms with Gasteiger partial charge in [-0.1, -0.05) is 0 Å². The van der Waals surface area contributed by atoms with Gasteiger partial charge in [-0.2, -0.15) is 15.1 Å². The standard InChI is InChI=1S/C16H24N4O4/c1-10(13-12(8-17)19(22)9-18-13)24-14(21)11-6-15(2,3)20(23)16(4,5)7-11/h10-11,23H,6-7,9H2,1-5H3. The van der Waals surface area contributed by atoms with Crippen molar-refractivity contribution >= 4 is 17.4 Å². The Labute approximate surface area is 141 Å². The first-order chi connectivity index (χ1) is 11.0. The van der Waals surface area contributed by atoms with Crippen LogP contribution in [0, 0.1) is 22.5 Å². The molecular formula is C16H24N4O4. The molecule has 8 heteroatoms. The first kappa shape index (κ1) is 18.4. The lowest BCUT2D eigenvalue weighted by Gasteiger charge is -2.50. The molecule has 0 aromatic rings. The monoisotopic (exact) mass is 336 g/mol. The summed E-state index contributed by atoms with van der Waals surface area (Å²) in [6.07, 6.45) is 0.144. The number of esters is 1. The fourth-order valence-corrected chi connectivity index (χ4v) is 3.61. The van der Waals surface area contributed by atoms with Crippen molar-refractivity contribution in [1.82, 2.24) is 5.06 Å².